The first-order valence-electron chi connectivity index (χ1n) is 13.6. The van der Waals surface area contributed by atoms with Crippen LogP contribution in [0.5, 0.6) is 0 Å². The normalized spacial score (nSPS) is 11.3. The standard InChI is InChI=1S/C19H12FN5S.C13H7ClN4S/c20-14-6-1-2-7-15(14)23-19-13-8-9-26-17(13)11-4-3-5-12(16(11)24-19)18-21-10-22-25-18;14-12-9-4-5-19-11(9)7-2-1-3-8(10(7)17-12)13-15-6-16-18-13/h1-10H,(H,23,24)(H,21,22,25);1-6H,(H,15,16,18). The molecule has 6 aromatic heterocycles. The van der Waals surface area contributed by atoms with Crippen molar-refractivity contribution < 1.29 is 4.39 Å². The highest BCUT2D eigenvalue weighted by Gasteiger charge is 2.16. The van der Waals surface area contributed by atoms with Crippen molar-refractivity contribution in [2.45, 2.75) is 0 Å². The first kappa shape index (κ1) is 27.3. The summed E-state index contributed by atoms with van der Waals surface area (Å²) in [7, 11) is 0. The number of hydrogen-bond acceptors (Lipinski definition) is 9. The molecule has 0 radical (unpaired) electrons. The lowest BCUT2D eigenvalue weighted by Gasteiger charge is -2.11. The second-order valence-electron chi connectivity index (χ2n) is 9.87. The monoisotopic (exact) mass is 647 g/mol. The van der Waals surface area contributed by atoms with Gasteiger partial charge in [0.25, 0.3) is 0 Å². The number of nitrogens with one attached hydrogen (secondary N) is 3. The van der Waals surface area contributed by atoms with Crippen molar-refractivity contribution in [1.82, 2.24) is 40.3 Å². The number of aromatic nitrogens is 8. The third-order valence-electron chi connectivity index (χ3n) is 7.27. The van der Waals surface area contributed by atoms with E-state index in [-0.39, 0.29) is 5.82 Å². The van der Waals surface area contributed by atoms with Gasteiger partial charge in [-0.05, 0) is 47.2 Å². The molecule has 0 aliphatic rings. The number of halogens is 2. The molecule has 0 atom stereocenters. The molecule has 45 heavy (non-hydrogen) atoms. The van der Waals surface area contributed by atoms with Gasteiger partial charge in [-0.15, -0.1) is 22.7 Å². The van der Waals surface area contributed by atoms with Crippen LogP contribution in [0.1, 0.15) is 0 Å². The number of thiophene rings is 2. The lowest BCUT2D eigenvalue weighted by Crippen LogP contribution is -1.98. The Bertz CT molecular complexity index is 2460. The van der Waals surface area contributed by atoms with Crippen LogP contribution in [0.15, 0.2) is 96.2 Å². The summed E-state index contributed by atoms with van der Waals surface area (Å²) in [5.41, 5.74) is 3.79. The van der Waals surface area contributed by atoms with Crippen molar-refractivity contribution >= 4 is 87.8 Å². The van der Waals surface area contributed by atoms with E-state index in [1.807, 2.05) is 53.2 Å². The van der Waals surface area contributed by atoms with E-state index in [4.69, 9.17) is 16.6 Å². The number of aromatic amines is 2. The van der Waals surface area contributed by atoms with E-state index in [0.29, 0.717) is 28.3 Å². The number of anilines is 2. The molecule has 6 heterocycles. The van der Waals surface area contributed by atoms with Gasteiger partial charge in [-0.1, -0.05) is 48.0 Å². The lowest BCUT2D eigenvalue weighted by molar-refractivity contribution is 0.632. The second kappa shape index (κ2) is 11.3. The number of fused-ring (bicyclic) bond motifs is 6. The molecular weight excluding hydrogens is 629 g/mol. The van der Waals surface area contributed by atoms with Crippen LogP contribution in [-0.2, 0) is 0 Å². The third kappa shape index (κ3) is 4.85. The highest BCUT2D eigenvalue weighted by molar-refractivity contribution is 7.18. The molecule has 3 N–H and O–H groups in total. The predicted octanol–water partition coefficient (Wildman–Crippen LogP) is 9.01. The SMILES string of the molecule is Clc1nc2c(-c3ncn[nH]3)cccc2c2sccc12.Fc1ccccc1Nc1nc2c(-c3ncn[nH]3)cccc2c2sccc12. The van der Waals surface area contributed by atoms with Gasteiger partial charge < -0.3 is 5.32 Å². The molecule has 0 amide bonds. The van der Waals surface area contributed by atoms with Gasteiger partial charge in [0.05, 0.1) is 16.7 Å². The summed E-state index contributed by atoms with van der Waals surface area (Å²) in [4.78, 5) is 17.8. The maximum Gasteiger partial charge on any atom is 0.157 e. The smallest absolute Gasteiger partial charge is 0.157 e. The molecule has 0 fully saturated rings. The van der Waals surface area contributed by atoms with Crippen molar-refractivity contribution in [3.63, 3.8) is 0 Å². The lowest BCUT2D eigenvalue weighted by atomic mass is 10.1. The van der Waals surface area contributed by atoms with Crippen molar-refractivity contribution in [3.05, 3.63) is 107 Å². The fraction of sp³-hybridized carbons (Fsp3) is 0. The van der Waals surface area contributed by atoms with Gasteiger partial charge in [-0.25, -0.2) is 24.3 Å². The first-order valence-corrected chi connectivity index (χ1v) is 15.8. The predicted molar refractivity (Wildman–Crippen MR) is 180 cm³/mol. The molecule has 9 rings (SSSR count). The molecular formula is C32H19ClFN9S2. The molecule has 3 aromatic carbocycles. The Morgan fingerprint density at radius 1 is 0.644 bits per heavy atom. The van der Waals surface area contributed by atoms with E-state index in [1.54, 1.807) is 40.9 Å². The minimum absolute atomic E-state index is 0.318. The Morgan fingerprint density at radius 2 is 1.24 bits per heavy atom. The molecule has 0 aliphatic carbocycles. The maximum atomic E-state index is 14.1. The van der Waals surface area contributed by atoms with Crippen molar-refractivity contribution in [1.29, 1.82) is 0 Å². The van der Waals surface area contributed by atoms with E-state index < -0.39 is 0 Å². The molecule has 218 valence electrons. The number of benzene rings is 3. The van der Waals surface area contributed by atoms with E-state index in [0.717, 1.165) is 53.1 Å². The van der Waals surface area contributed by atoms with Crippen molar-refractivity contribution in [2.24, 2.45) is 0 Å². The largest absolute Gasteiger partial charge is 0.337 e. The zero-order chi connectivity index (χ0) is 30.3. The Kier molecular flexibility index (Phi) is 6.86. The average Bonchev–Trinajstić information content (AvgIpc) is 3.90. The summed E-state index contributed by atoms with van der Waals surface area (Å²) in [5.74, 6) is 1.65. The maximum absolute atomic E-state index is 14.1. The number of H-pyrrole nitrogens is 2. The molecule has 0 bridgehead atoms. The third-order valence-corrected chi connectivity index (χ3v) is 9.45. The molecule has 0 saturated heterocycles. The van der Waals surface area contributed by atoms with Gasteiger partial charge in [-0.3, -0.25) is 10.2 Å². The first-order chi connectivity index (χ1) is 22.2. The average molecular weight is 648 g/mol. The minimum Gasteiger partial charge on any atom is -0.337 e. The van der Waals surface area contributed by atoms with Crippen LogP contribution in [0.4, 0.5) is 15.9 Å². The zero-order valence-electron chi connectivity index (χ0n) is 23.0. The number of rotatable bonds is 4. The van der Waals surface area contributed by atoms with Gasteiger partial charge in [0.2, 0.25) is 0 Å². The molecule has 9 aromatic rings. The van der Waals surface area contributed by atoms with Crippen LogP contribution >= 0.6 is 34.3 Å². The molecule has 13 heteroatoms. The quantitative estimate of drug-likeness (QED) is 0.163. The molecule has 0 saturated carbocycles. The summed E-state index contributed by atoms with van der Waals surface area (Å²) >= 11 is 9.56. The van der Waals surface area contributed by atoms with Crippen LogP contribution in [0.25, 0.3) is 64.8 Å². The van der Waals surface area contributed by atoms with Crippen LogP contribution < -0.4 is 5.32 Å². The Morgan fingerprint density at radius 3 is 1.87 bits per heavy atom. The Labute approximate surface area is 266 Å². The molecule has 9 nitrogen and oxygen atoms in total. The number of para-hydroxylation sites is 3. The molecule has 0 aliphatic heterocycles. The number of nitrogens with zero attached hydrogens (tertiary/aromatic N) is 6. The van der Waals surface area contributed by atoms with E-state index in [1.165, 1.54) is 18.7 Å². The minimum atomic E-state index is -0.318. The zero-order valence-corrected chi connectivity index (χ0v) is 25.4. The Hall–Kier alpha value is -5.30. The number of hydrogen-bond donors (Lipinski definition) is 3. The summed E-state index contributed by atoms with van der Waals surface area (Å²) in [6.45, 7) is 0. The van der Waals surface area contributed by atoms with Crippen molar-refractivity contribution in [3.8, 4) is 22.8 Å². The van der Waals surface area contributed by atoms with Crippen LogP contribution in [0.3, 0.4) is 0 Å². The number of pyridine rings is 2. The van der Waals surface area contributed by atoms with Crippen molar-refractivity contribution in [2.75, 3.05) is 5.32 Å². The van der Waals surface area contributed by atoms with Crippen LogP contribution in [0, 0.1) is 5.82 Å². The topological polar surface area (TPSA) is 121 Å². The van der Waals surface area contributed by atoms with Crippen LogP contribution in [-0.4, -0.2) is 40.3 Å². The van der Waals surface area contributed by atoms with Gasteiger partial charge in [-0.2, -0.15) is 10.2 Å². The van der Waals surface area contributed by atoms with Gasteiger partial charge >= 0.3 is 0 Å². The second-order valence-corrected chi connectivity index (χ2v) is 12.1. The fourth-order valence-corrected chi connectivity index (χ4v) is 7.39. The summed E-state index contributed by atoms with van der Waals surface area (Å²) in [5, 5.41) is 25.3. The Balaban J connectivity index is 0.000000140. The summed E-state index contributed by atoms with van der Waals surface area (Å²) in [6, 6.07) is 22.5. The highest BCUT2D eigenvalue weighted by Crippen LogP contribution is 2.38. The van der Waals surface area contributed by atoms with E-state index in [2.05, 4.69) is 46.7 Å². The highest BCUT2D eigenvalue weighted by atomic mass is 35.5. The molecule has 0 unspecified atom stereocenters. The van der Waals surface area contributed by atoms with Crippen LogP contribution in [0.2, 0.25) is 5.15 Å². The summed E-state index contributed by atoms with van der Waals surface area (Å²) in [6.07, 6.45) is 2.95. The van der Waals surface area contributed by atoms with E-state index >= 15 is 0 Å². The van der Waals surface area contributed by atoms with E-state index in [9.17, 15) is 4.39 Å². The van der Waals surface area contributed by atoms with Gasteiger partial charge in [0.1, 0.15) is 29.4 Å². The fourth-order valence-electron chi connectivity index (χ4n) is 5.25. The summed E-state index contributed by atoms with van der Waals surface area (Å²) < 4.78 is 16.3. The molecule has 0 spiro atoms. The van der Waals surface area contributed by atoms with Gasteiger partial charge in [0.15, 0.2) is 11.6 Å². The van der Waals surface area contributed by atoms with Gasteiger partial charge in [0, 0.05) is 42.1 Å².